The second kappa shape index (κ2) is 6.68. The third-order valence-corrected chi connectivity index (χ3v) is 3.73. The smallest absolute Gasteiger partial charge is 0.335 e. The number of carboxylic acids is 1. The van der Waals surface area contributed by atoms with Crippen molar-refractivity contribution in [2.24, 2.45) is 5.92 Å². The molecular formula is C15H21NO3. The van der Waals surface area contributed by atoms with Crippen LogP contribution in [0.1, 0.15) is 28.8 Å². The van der Waals surface area contributed by atoms with Crippen molar-refractivity contribution >= 4 is 5.97 Å². The number of benzene rings is 1. The van der Waals surface area contributed by atoms with Gasteiger partial charge in [0, 0.05) is 19.7 Å². The molecule has 1 aromatic carbocycles. The molecule has 1 atom stereocenters. The van der Waals surface area contributed by atoms with E-state index in [1.54, 1.807) is 12.1 Å². The standard InChI is InChI=1S/C15H21NO3/c17-9-1-7-16-8-6-13(11-16)10-12-2-4-14(5-3-12)15(18)19/h2-5,13,17H,1,6-11H2,(H,18,19). The lowest BCUT2D eigenvalue weighted by molar-refractivity contribution is 0.0697. The quantitative estimate of drug-likeness (QED) is 0.819. The summed E-state index contributed by atoms with van der Waals surface area (Å²) >= 11 is 0. The van der Waals surface area contributed by atoms with Crippen molar-refractivity contribution < 1.29 is 15.0 Å². The summed E-state index contributed by atoms with van der Waals surface area (Å²) in [4.78, 5) is 13.2. The maximum Gasteiger partial charge on any atom is 0.335 e. The summed E-state index contributed by atoms with van der Waals surface area (Å²) in [6, 6.07) is 7.19. The second-order valence-electron chi connectivity index (χ2n) is 5.24. The summed E-state index contributed by atoms with van der Waals surface area (Å²) in [5.41, 5.74) is 1.55. The molecule has 0 aromatic heterocycles. The molecule has 1 fully saturated rings. The minimum atomic E-state index is -0.873. The molecule has 4 heteroatoms. The lowest BCUT2D eigenvalue weighted by atomic mass is 9.98. The zero-order valence-electron chi connectivity index (χ0n) is 11.1. The predicted molar refractivity (Wildman–Crippen MR) is 73.4 cm³/mol. The van der Waals surface area contributed by atoms with Crippen LogP contribution in [0.5, 0.6) is 0 Å². The highest BCUT2D eigenvalue weighted by Gasteiger charge is 2.22. The van der Waals surface area contributed by atoms with Gasteiger partial charge in [0.15, 0.2) is 0 Å². The minimum Gasteiger partial charge on any atom is -0.478 e. The van der Waals surface area contributed by atoms with Gasteiger partial charge in [-0.2, -0.15) is 0 Å². The van der Waals surface area contributed by atoms with Gasteiger partial charge in [0.1, 0.15) is 0 Å². The van der Waals surface area contributed by atoms with Crippen LogP contribution in [0.3, 0.4) is 0 Å². The number of aliphatic hydroxyl groups is 1. The molecule has 0 amide bonds. The Labute approximate surface area is 113 Å². The van der Waals surface area contributed by atoms with Gasteiger partial charge >= 0.3 is 5.97 Å². The van der Waals surface area contributed by atoms with Crippen LogP contribution in [0.2, 0.25) is 0 Å². The van der Waals surface area contributed by atoms with Crippen molar-refractivity contribution in [1.29, 1.82) is 0 Å². The maximum atomic E-state index is 10.8. The first-order valence-electron chi connectivity index (χ1n) is 6.84. The Balaban J connectivity index is 1.83. The summed E-state index contributed by atoms with van der Waals surface area (Å²) in [5, 5.41) is 17.7. The van der Waals surface area contributed by atoms with Crippen LogP contribution >= 0.6 is 0 Å². The Morgan fingerprint density at radius 3 is 2.68 bits per heavy atom. The molecular weight excluding hydrogens is 242 g/mol. The maximum absolute atomic E-state index is 10.8. The summed E-state index contributed by atoms with van der Waals surface area (Å²) in [5.74, 6) is -0.225. The number of hydrogen-bond acceptors (Lipinski definition) is 3. The fourth-order valence-corrected chi connectivity index (χ4v) is 2.69. The Morgan fingerprint density at radius 1 is 1.32 bits per heavy atom. The number of carboxylic acid groups (broad SMARTS) is 1. The minimum absolute atomic E-state index is 0.262. The van der Waals surface area contributed by atoms with E-state index in [0.29, 0.717) is 11.5 Å². The van der Waals surface area contributed by atoms with Crippen molar-refractivity contribution in [1.82, 2.24) is 4.90 Å². The van der Waals surface area contributed by atoms with Crippen LogP contribution in [0.4, 0.5) is 0 Å². The van der Waals surface area contributed by atoms with Crippen LogP contribution in [0.25, 0.3) is 0 Å². The molecule has 1 unspecified atom stereocenters. The average molecular weight is 263 g/mol. The van der Waals surface area contributed by atoms with Crippen LogP contribution in [0.15, 0.2) is 24.3 Å². The van der Waals surface area contributed by atoms with Gasteiger partial charge in [0.25, 0.3) is 0 Å². The lowest BCUT2D eigenvalue weighted by Crippen LogP contribution is -2.23. The average Bonchev–Trinajstić information content (AvgIpc) is 2.84. The second-order valence-corrected chi connectivity index (χ2v) is 5.24. The van der Waals surface area contributed by atoms with Crippen molar-refractivity contribution in [3.05, 3.63) is 35.4 Å². The summed E-state index contributed by atoms with van der Waals surface area (Å²) in [7, 11) is 0. The highest BCUT2D eigenvalue weighted by Crippen LogP contribution is 2.21. The van der Waals surface area contributed by atoms with Crippen molar-refractivity contribution in [2.75, 3.05) is 26.2 Å². The molecule has 1 aliphatic rings. The third kappa shape index (κ3) is 4.04. The van der Waals surface area contributed by atoms with Crippen molar-refractivity contribution in [2.45, 2.75) is 19.3 Å². The molecule has 1 aliphatic heterocycles. The fraction of sp³-hybridized carbons (Fsp3) is 0.533. The van der Waals surface area contributed by atoms with E-state index in [1.165, 1.54) is 12.0 Å². The van der Waals surface area contributed by atoms with E-state index in [4.69, 9.17) is 10.2 Å². The molecule has 1 heterocycles. The van der Waals surface area contributed by atoms with Crippen LogP contribution in [0, 0.1) is 5.92 Å². The Morgan fingerprint density at radius 2 is 2.05 bits per heavy atom. The fourth-order valence-electron chi connectivity index (χ4n) is 2.69. The highest BCUT2D eigenvalue weighted by molar-refractivity contribution is 5.87. The molecule has 2 N–H and O–H groups in total. The first kappa shape index (κ1) is 14.0. The Kier molecular flexibility index (Phi) is 4.93. The molecule has 1 aromatic rings. The monoisotopic (exact) mass is 263 g/mol. The van der Waals surface area contributed by atoms with Gasteiger partial charge in [-0.3, -0.25) is 0 Å². The topological polar surface area (TPSA) is 60.8 Å². The van der Waals surface area contributed by atoms with Gasteiger partial charge in [-0.25, -0.2) is 4.79 Å². The number of aliphatic hydroxyl groups excluding tert-OH is 1. The van der Waals surface area contributed by atoms with E-state index in [9.17, 15) is 4.79 Å². The molecule has 104 valence electrons. The summed E-state index contributed by atoms with van der Waals surface area (Å²) < 4.78 is 0. The molecule has 0 aliphatic carbocycles. The normalized spacial score (nSPS) is 19.7. The number of nitrogens with zero attached hydrogens (tertiary/aromatic N) is 1. The molecule has 2 rings (SSSR count). The zero-order chi connectivity index (χ0) is 13.7. The molecule has 0 radical (unpaired) electrons. The largest absolute Gasteiger partial charge is 0.478 e. The van der Waals surface area contributed by atoms with Gasteiger partial charge < -0.3 is 15.1 Å². The van der Waals surface area contributed by atoms with Crippen molar-refractivity contribution in [3.8, 4) is 0 Å². The highest BCUT2D eigenvalue weighted by atomic mass is 16.4. The first-order chi connectivity index (χ1) is 9.19. The van der Waals surface area contributed by atoms with Crippen LogP contribution < -0.4 is 0 Å². The molecule has 19 heavy (non-hydrogen) atoms. The zero-order valence-corrected chi connectivity index (χ0v) is 11.1. The molecule has 1 saturated heterocycles. The van der Waals surface area contributed by atoms with Crippen LogP contribution in [-0.2, 0) is 6.42 Å². The SMILES string of the molecule is O=C(O)c1ccc(CC2CCN(CCCO)C2)cc1. The van der Waals surface area contributed by atoms with Gasteiger partial charge in [-0.05, 0) is 49.4 Å². The van der Waals surface area contributed by atoms with E-state index >= 15 is 0 Å². The molecule has 0 bridgehead atoms. The molecule has 0 spiro atoms. The number of hydrogen-bond donors (Lipinski definition) is 2. The number of likely N-dealkylation sites (tertiary alicyclic amines) is 1. The van der Waals surface area contributed by atoms with Gasteiger partial charge in [-0.15, -0.1) is 0 Å². The lowest BCUT2D eigenvalue weighted by Gasteiger charge is -2.15. The molecule has 0 saturated carbocycles. The van der Waals surface area contributed by atoms with Crippen molar-refractivity contribution in [3.63, 3.8) is 0 Å². The number of carbonyl (C=O) groups is 1. The van der Waals surface area contributed by atoms with E-state index in [1.807, 2.05) is 12.1 Å². The van der Waals surface area contributed by atoms with Gasteiger partial charge in [0.2, 0.25) is 0 Å². The predicted octanol–water partition coefficient (Wildman–Crippen LogP) is 1.63. The van der Waals surface area contributed by atoms with Gasteiger partial charge in [-0.1, -0.05) is 12.1 Å². The summed E-state index contributed by atoms with van der Waals surface area (Å²) in [6.07, 6.45) is 3.04. The van der Waals surface area contributed by atoms with E-state index < -0.39 is 5.97 Å². The Bertz CT molecular complexity index is 416. The van der Waals surface area contributed by atoms with E-state index in [-0.39, 0.29) is 6.61 Å². The van der Waals surface area contributed by atoms with E-state index in [0.717, 1.165) is 32.5 Å². The Hall–Kier alpha value is -1.39. The van der Waals surface area contributed by atoms with Gasteiger partial charge in [0.05, 0.1) is 5.56 Å². The number of aromatic carboxylic acids is 1. The molecule has 4 nitrogen and oxygen atoms in total. The summed E-state index contributed by atoms with van der Waals surface area (Å²) in [6.45, 7) is 3.43. The van der Waals surface area contributed by atoms with Crippen LogP contribution in [-0.4, -0.2) is 47.3 Å². The number of rotatable bonds is 6. The van der Waals surface area contributed by atoms with E-state index in [2.05, 4.69) is 4.90 Å². The third-order valence-electron chi connectivity index (χ3n) is 3.73. The first-order valence-corrected chi connectivity index (χ1v) is 6.84.